The standard InChI is InChI=1S/C27H25ClN4O2S/c1-19(33)29-16-6-11-26-30-31-27(32(26)24-10-5-9-23(28)17-24)35-18-25(34)22-14-12-21(13-15-22)20-7-3-2-4-8-20/h2-5,7-10,12-15,17H,6,11,16,18H2,1H3,(H,29,33). The molecule has 1 N–H and O–H groups in total. The van der Waals surface area contributed by atoms with Gasteiger partial charge in [0.15, 0.2) is 10.9 Å². The second-order valence-electron chi connectivity index (χ2n) is 7.96. The Morgan fingerprint density at radius 3 is 2.40 bits per heavy atom. The summed E-state index contributed by atoms with van der Waals surface area (Å²) in [6.45, 7) is 2.05. The number of carbonyl (C=O) groups excluding carboxylic acids is 2. The summed E-state index contributed by atoms with van der Waals surface area (Å²) >= 11 is 7.57. The van der Waals surface area contributed by atoms with Crippen molar-refractivity contribution in [1.82, 2.24) is 20.1 Å². The van der Waals surface area contributed by atoms with Crippen LogP contribution in [0.25, 0.3) is 16.8 Å². The van der Waals surface area contributed by atoms with Gasteiger partial charge < -0.3 is 5.32 Å². The molecule has 3 aromatic carbocycles. The van der Waals surface area contributed by atoms with Gasteiger partial charge in [-0.3, -0.25) is 14.2 Å². The number of nitrogens with zero attached hydrogens (tertiary/aromatic N) is 3. The Morgan fingerprint density at radius 2 is 1.69 bits per heavy atom. The highest BCUT2D eigenvalue weighted by molar-refractivity contribution is 7.99. The Hall–Kier alpha value is -3.42. The van der Waals surface area contributed by atoms with Crippen LogP contribution in [0.4, 0.5) is 0 Å². The summed E-state index contributed by atoms with van der Waals surface area (Å²) in [7, 11) is 0. The Bertz CT molecular complexity index is 1310. The monoisotopic (exact) mass is 504 g/mol. The van der Waals surface area contributed by atoms with Crippen molar-refractivity contribution in [2.24, 2.45) is 0 Å². The van der Waals surface area contributed by atoms with E-state index in [9.17, 15) is 9.59 Å². The molecule has 4 rings (SSSR count). The first-order valence-corrected chi connectivity index (χ1v) is 12.6. The van der Waals surface area contributed by atoms with Crippen molar-refractivity contribution in [2.75, 3.05) is 12.3 Å². The van der Waals surface area contributed by atoms with Gasteiger partial charge in [-0.25, -0.2) is 0 Å². The number of rotatable bonds is 10. The van der Waals surface area contributed by atoms with Crippen molar-refractivity contribution in [1.29, 1.82) is 0 Å². The second kappa shape index (κ2) is 11.8. The molecule has 0 saturated heterocycles. The van der Waals surface area contributed by atoms with Gasteiger partial charge in [0.25, 0.3) is 0 Å². The number of thioether (sulfide) groups is 1. The number of halogens is 1. The molecule has 0 unspecified atom stereocenters. The van der Waals surface area contributed by atoms with Crippen molar-refractivity contribution in [3.05, 3.63) is 95.3 Å². The number of benzene rings is 3. The molecule has 4 aromatic rings. The zero-order chi connectivity index (χ0) is 24.6. The fraction of sp³-hybridized carbons (Fsp3) is 0.185. The predicted molar refractivity (Wildman–Crippen MR) is 140 cm³/mol. The molecular weight excluding hydrogens is 480 g/mol. The lowest BCUT2D eigenvalue weighted by molar-refractivity contribution is -0.118. The van der Waals surface area contributed by atoms with Crippen LogP contribution >= 0.6 is 23.4 Å². The number of hydrogen-bond donors (Lipinski definition) is 1. The maximum atomic E-state index is 12.9. The fourth-order valence-corrected chi connectivity index (χ4v) is 4.68. The quantitative estimate of drug-likeness (QED) is 0.172. The van der Waals surface area contributed by atoms with Gasteiger partial charge in [-0.1, -0.05) is 84.0 Å². The van der Waals surface area contributed by atoms with Crippen LogP contribution in [0.1, 0.15) is 29.5 Å². The predicted octanol–water partition coefficient (Wildman–Crippen LogP) is 5.63. The van der Waals surface area contributed by atoms with Gasteiger partial charge in [0.2, 0.25) is 5.91 Å². The third-order valence-corrected chi connectivity index (χ3v) is 6.53. The fourth-order valence-electron chi connectivity index (χ4n) is 3.63. The first kappa shape index (κ1) is 24.7. The van der Waals surface area contributed by atoms with Crippen LogP contribution in [0.15, 0.2) is 84.0 Å². The summed E-state index contributed by atoms with van der Waals surface area (Å²) in [4.78, 5) is 24.1. The van der Waals surface area contributed by atoms with Crippen LogP contribution in [0.2, 0.25) is 5.02 Å². The topological polar surface area (TPSA) is 76.9 Å². The average Bonchev–Trinajstić information content (AvgIpc) is 3.28. The van der Waals surface area contributed by atoms with Crippen LogP contribution in [-0.4, -0.2) is 38.8 Å². The second-order valence-corrected chi connectivity index (χ2v) is 9.33. The van der Waals surface area contributed by atoms with E-state index in [2.05, 4.69) is 15.5 Å². The van der Waals surface area contributed by atoms with Gasteiger partial charge in [-0.05, 0) is 35.7 Å². The lowest BCUT2D eigenvalue weighted by Gasteiger charge is -2.11. The summed E-state index contributed by atoms with van der Waals surface area (Å²) in [6.07, 6.45) is 1.34. The van der Waals surface area contributed by atoms with Crippen molar-refractivity contribution in [2.45, 2.75) is 24.9 Å². The number of Topliss-reactive ketones (excluding diaryl/α,β-unsaturated/α-hetero) is 1. The van der Waals surface area contributed by atoms with E-state index in [0.29, 0.717) is 28.7 Å². The van der Waals surface area contributed by atoms with E-state index >= 15 is 0 Å². The molecule has 0 fully saturated rings. The molecule has 6 nitrogen and oxygen atoms in total. The van der Waals surface area contributed by atoms with Gasteiger partial charge in [0, 0.05) is 30.5 Å². The molecule has 178 valence electrons. The van der Waals surface area contributed by atoms with Crippen LogP contribution < -0.4 is 5.32 Å². The van der Waals surface area contributed by atoms with E-state index in [1.807, 2.05) is 77.4 Å². The van der Waals surface area contributed by atoms with Gasteiger partial charge in [-0.2, -0.15) is 0 Å². The number of ketones is 1. The van der Waals surface area contributed by atoms with Crippen molar-refractivity contribution in [3.8, 4) is 16.8 Å². The molecule has 1 aromatic heterocycles. The third kappa shape index (κ3) is 6.59. The number of hydrogen-bond acceptors (Lipinski definition) is 5. The molecule has 0 aliphatic carbocycles. The molecular formula is C27H25ClN4O2S. The minimum Gasteiger partial charge on any atom is -0.356 e. The largest absolute Gasteiger partial charge is 0.356 e. The Kier molecular flexibility index (Phi) is 8.34. The van der Waals surface area contributed by atoms with E-state index in [4.69, 9.17) is 11.6 Å². The van der Waals surface area contributed by atoms with E-state index < -0.39 is 0 Å². The van der Waals surface area contributed by atoms with Crippen molar-refractivity contribution >= 4 is 35.1 Å². The summed E-state index contributed by atoms with van der Waals surface area (Å²) in [5, 5.41) is 12.7. The summed E-state index contributed by atoms with van der Waals surface area (Å²) in [5.41, 5.74) is 3.67. The molecule has 0 radical (unpaired) electrons. The molecule has 1 amide bonds. The summed E-state index contributed by atoms with van der Waals surface area (Å²) < 4.78 is 1.93. The number of amides is 1. The molecule has 0 spiro atoms. The first-order chi connectivity index (χ1) is 17.0. The van der Waals surface area contributed by atoms with E-state index in [0.717, 1.165) is 29.1 Å². The number of aromatic nitrogens is 3. The van der Waals surface area contributed by atoms with Crippen molar-refractivity contribution in [3.63, 3.8) is 0 Å². The molecule has 35 heavy (non-hydrogen) atoms. The zero-order valence-electron chi connectivity index (χ0n) is 19.3. The summed E-state index contributed by atoms with van der Waals surface area (Å²) in [5.74, 6) is 0.935. The van der Waals surface area contributed by atoms with Crippen LogP contribution in [0.5, 0.6) is 0 Å². The maximum absolute atomic E-state index is 12.9. The Labute approximate surface area is 213 Å². The number of nitrogens with one attached hydrogen (secondary N) is 1. The molecule has 1 heterocycles. The highest BCUT2D eigenvalue weighted by atomic mass is 35.5. The molecule has 0 aliphatic rings. The van der Waals surface area contributed by atoms with Crippen LogP contribution in [0.3, 0.4) is 0 Å². The highest BCUT2D eigenvalue weighted by Gasteiger charge is 2.17. The van der Waals surface area contributed by atoms with Gasteiger partial charge in [-0.15, -0.1) is 10.2 Å². The zero-order valence-corrected chi connectivity index (χ0v) is 20.9. The maximum Gasteiger partial charge on any atom is 0.216 e. The SMILES string of the molecule is CC(=O)NCCCc1nnc(SCC(=O)c2ccc(-c3ccccc3)cc2)n1-c1cccc(Cl)c1. The molecule has 0 saturated carbocycles. The number of carbonyl (C=O) groups is 2. The number of aryl methyl sites for hydroxylation is 1. The van der Waals surface area contributed by atoms with Gasteiger partial charge >= 0.3 is 0 Å². The minimum atomic E-state index is -0.0622. The van der Waals surface area contributed by atoms with Crippen LogP contribution in [0, 0.1) is 0 Å². The normalized spacial score (nSPS) is 10.8. The molecule has 0 bridgehead atoms. The van der Waals surface area contributed by atoms with E-state index in [1.54, 1.807) is 6.07 Å². The molecule has 8 heteroatoms. The first-order valence-electron chi connectivity index (χ1n) is 11.3. The lowest BCUT2D eigenvalue weighted by atomic mass is 10.0. The minimum absolute atomic E-state index is 0.0162. The Morgan fingerprint density at radius 1 is 0.943 bits per heavy atom. The summed E-state index contributed by atoms with van der Waals surface area (Å²) in [6, 6.07) is 25.2. The molecule has 0 aliphatic heterocycles. The average molecular weight is 505 g/mol. The molecule has 0 atom stereocenters. The lowest BCUT2D eigenvalue weighted by Crippen LogP contribution is -2.21. The Balaban J connectivity index is 1.48. The third-order valence-electron chi connectivity index (χ3n) is 5.36. The smallest absolute Gasteiger partial charge is 0.216 e. The van der Waals surface area contributed by atoms with Gasteiger partial charge in [0.05, 0.1) is 11.4 Å². The van der Waals surface area contributed by atoms with Gasteiger partial charge in [0.1, 0.15) is 5.82 Å². The van der Waals surface area contributed by atoms with Crippen LogP contribution in [-0.2, 0) is 11.2 Å². The van der Waals surface area contributed by atoms with E-state index in [-0.39, 0.29) is 17.4 Å². The van der Waals surface area contributed by atoms with Crippen molar-refractivity contribution < 1.29 is 9.59 Å². The highest BCUT2D eigenvalue weighted by Crippen LogP contribution is 2.26. The van der Waals surface area contributed by atoms with E-state index in [1.165, 1.54) is 18.7 Å².